The molecule has 3 rings (SSSR count). The van der Waals surface area contributed by atoms with Gasteiger partial charge < -0.3 is 14.5 Å². The van der Waals surface area contributed by atoms with Crippen LogP contribution < -0.4 is 4.90 Å². The maximum Gasteiger partial charge on any atom is 0.0642 e. The van der Waals surface area contributed by atoms with E-state index in [0.29, 0.717) is 6.04 Å². The summed E-state index contributed by atoms with van der Waals surface area (Å²) in [5, 5.41) is 0. The molecule has 0 aliphatic carbocycles. The van der Waals surface area contributed by atoms with E-state index in [2.05, 4.69) is 79.3 Å². The summed E-state index contributed by atoms with van der Waals surface area (Å²) in [6.45, 7) is 5.82. The van der Waals surface area contributed by atoms with E-state index in [1.165, 1.54) is 28.8 Å². The van der Waals surface area contributed by atoms with Gasteiger partial charge in [0.05, 0.1) is 13.2 Å². The smallest absolute Gasteiger partial charge is 0.0642 e. The minimum Gasteiger partial charge on any atom is -0.378 e. The first kappa shape index (κ1) is 18.9. The van der Waals surface area contributed by atoms with Gasteiger partial charge in [0.15, 0.2) is 0 Å². The van der Waals surface area contributed by atoms with Crippen LogP contribution in [-0.2, 0) is 17.6 Å². The van der Waals surface area contributed by atoms with E-state index in [4.69, 9.17) is 4.74 Å². The Hall–Kier alpha value is -1.84. The monoisotopic (exact) mass is 352 g/mol. The van der Waals surface area contributed by atoms with Crippen molar-refractivity contribution in [3.8, 4) is 0 Å². The molecule has 0 amide bonds. The zero-order valence-electron chi connectivity index (χ0n) is 16.4. The third-order valence-corrected chi connectivity index (χ3v) is 5.40. The van der Waals surface area contributed by atoms with Crippen molar-refractivity contribution in [3.63, 3.8) is 0 Å². The maximum atomic E-state index is 5.44. The molecule has 1 saturated heterocycles. The number of likely N-dealkylation sites (N-methyl/N-ethyl adjacent to an activating group) is 1. The highest BCUT2D eigenvalue weighted by Gasteiger charge is 2.14. The topological polar surface area (TPSA) is 15.7 Å². The average molecular weight is 353 g/mol. The molecule has 0 saturated carbocycles. The van der Waals surface area contributed by atoms with E-state index in [0.717, 1.165) is 39.1 Å². The van der Waals surface area contributed by atoms with E-state index >= 15 is 0 Å². The van der Waals surface area contributed by atoms with Gasteiger partial charge in [-0.15, -0.1) is 0 Å². The Morgan fingerprint density at radius 1 is 0.923 bits per heavy atom. The third kappa shape index (κ3) is 5.33. The number of nitrogens with zero attached hydrogens (tertiary/aromatic N) is 2. The van der Waals surface area contributed by atoms with E-state index < -0.39 is 0 Å². The minimum absolute atomic E-state index is 0.566. The molecule has 3 nitrogen and oxygen atoms in total. The molecule has 1 fully saturated rings. The van der Waals surface area contributed by atoms with Crippen LogP contribution in [0.5, 0.6) is 0 Å². The number of morpholine rings is 1. The summed E-state index contributed by atoms with van der Waals surface area (Å²) >= 11 is 0. The summed E-state index contributed by atoms with van der Waals surface area (Å²) in [4.78, 5) is 4.77. The van der Waals surface area contributed by atoms with Crippen molar-refractivity contribution in [1.29, 1.82) is 0 Å². The summed E-state index contributed by atoms with van der Waals surface area (Å²) in [5.41, 5.74) is 5.51. The number of hydrogen-bond donors (Lipinski definition) is 0. The minimum atomic E-state index is 0.566. The number of hydrogen-bond acceptors (Lipinski definition) is 3. The van der Waals surface area contributed by atoms with Gasteiger partial charge in [0.25, 0.3) is 0 Å². The van der Waals surface area contributed by atoms with Gasteiger partial charge >= 0.3 is 0 Å². The van der Waals surface area contributed by atoms with Gasteiger partial charge in [-0.1, -0.05) is 42.0 Å². The van der Waals surface area contributed by atoms with Crippen LogP contribution in [0.1, 0.15) is 23.1 Å². The predicted molar refractivity (Wildman–Crippen MR) is 110 cm³/mol. The first-order valence-corrected chi connectivity index (χ1v) is 9.75. The van der Waals surface area contributed by atoms with Gasteiger partial charge in [0.1, 0.15) is 0 Å². The molecule has 3 heteroatoms. The molecule has 1 unspecified atom stereocenters. The molecular weight excluding hydrogens is 320 g/mol. The fourth-order valence-corrected chi connectivity index (χ4v) is 3.57. The first-order chi connectivity index (χ1) is 12.6. The second-order valence-electron chi connectivity index (χ2n) is 7.61. The molecule has 2 aromatic carbocycles. The summed E-state index contributed by atoms with van der Waals surface area (Å²) in [5.74, 6) is 0. The zero-order valence-corrected chi connectivity index (χ0v) is 16.4. The lowest BCUT2D eigenvalue weighted by molar-refractivity contribution is 0.122. The molecule has 26 heavy (non-hydrogen) atoms. The number of aryl methyl sites for hydroxylation is 2. The Labute approximate surface area is 158 Å². The Morgan fingerprint density at radius 3 is 2.15 bits per heavy atom. The molecule has 140 valence electrons. The molecule has 0 spiro atoms. The molecule has 1 heterocycles. The van der Waals surface area contributed by atoms with Gasteiger partial charge in [0, 0.05) is 24.8 Å². The Morgan fingerprint density at radius 2 is 1.54 bits per heavy atom. The lowest BCUT2D eigenvalue weighted by Gasteiger charge is -2.29. The fourth-order valence-electron chi connectivity index (χ4n) is 3.57. The van der Waals surface area contributed by atoms with E-state index in [9.17, 15) is 0 Å². The summed E-state index contributed by atoms with van der Waals surface area (Å²) in [7, 11) is 4.39. The summed E-state index contributed by atoms with van der Waals surface area (Å²) in [6.07, 6.45) is 3.41. The molecule has 2 aromatic rings. The zero-order chi connectivity index (χ0) is 18.4. The Bertz CT molecular complexity index is 658. The van der Waals surface area contributed by atoms with Crippen LogP contribution in [0.25, 0.3) is 0 Å². The largest absolute Gasteiger partial charge is 0.378 e. The Kier molecular flexibility index (Phi) is 6.70. The standard InChI is InChI=1S/C23H32N2O/c1-19-4-6-21(7-5-19)18-23(24(2)3)13-10-20-8-11-22(12-9-20)25-14-16-26-17-15-25/h4-9,11-12,23H,10,13-18H2,1-3H3. The van der Waals surface area contributed by atoms with Crippen molar-refractivity contribution in [2.24, 2.45) is 0 Å². The van der Waals surface area contributed by atoms with Crippen molar-refractivity contribution < 1.29 is 4.74 Å². The lowest BCUT2D eigenvalue weighted by atomic mass is 9.97. The third-order valence-electron chi connectivity index (χ3n) is 5.40. The van der Waals surface area contributed by atoms with Crippen LogP contribution in [-0.4, -0.2) is 51.3 Å². The predicted octanol–water partition coefficient (Wildman–Crippen LogP) is 3.94. The second-order valence-corrected chi connectivity index (χ2v) is 7.61. The number of anilines is 1. The fraction of sp³-hybridized carbons (Fsp3) is 0.478. The van der Waals surface area contributed by atoms with Crippen molar-refractivity contribution in [2.75, 3.05) is 45.3 Å². The van der Waals surface area contributed by atoms with Gasteiger partial charge in [-0.3, -0.25) is 0 Å². The number of ether oxygens (including phenoxy) is 1. The second kappa shape index (κ2) is 9.20. The van der Waals surface area contributed by atoms with Crippen molar-refractivity contribution in [3.05, 3.63) is 65.2 Å². The molecule has 0 N–H and O–H groups in total. The van der Waals surface area contributed by atoms with Crippen molar-refractivity contribution >= 4 is 5.69 Å². The van der Waals surface area contributed by atoms with Gasteiger partial charge in [0.2, 0.25) is 0 Å². The van der Waals surface area contributed by atoms with Crippen LogP contribution in [0.15, 0.2) is 48.5 Å². The van der Waals surface area contributed by atoms with E-state index in [1.807, 2.05) is 0 Å². The molecule has 1 aliphatic rings. The Balaban J connectivity index is 1.55. The summed E-state index contributed by atoms with van der Waals surface area (Å²) in [6, 6.07) is 18.7. The van der Waals surface area contributed by atoms with Crippen LogP contribution in [0.2, 0.25) is 0 Å². The van der Waals surface area contributed by atoms with Crippen LogP contribution >= 0.6 is 0 Å². The van der Waals surface area contributed by atoms with Gasteiger partial charge in [-0.05, 0) is 63.5 Å². The van der Waals surface area contributed by atoms with E-state index in [-0.39, 0.29) is 0 Å². The van der Waals surface area contributed by atoms with Crippen molar-refractivity contribution in [1.82, 2.24) is 4.90 Å². The molecule has 1 aliphatic heterocycles. The molecule has 1 atom stereocenters. The first-order valence-electron chi connectivity index (χ1n) is 9.75. The summed E-state index contributed by atoms with van der Waals surface area (Å²) < 4.78 is 5.44. The molecular formula is C23H32N2O. The molecule has 0 bridgehead atoms. The highest BCUT2D eigenvalue weighted by atomic mass is 16.5. The van der Waals surface area contributed by atoms with Crippen molar-refractivity contribution in [2.45, 2.75) is 32.2 Å². The maximum absolute atomic E-state index is 5.44. The highest BCUT2D eigenvalue weighted by Crippen LogP contribution is 2.19. The van der Waals surface area contributed by atoms with Crippen LogP contribution in [0.3, 0.4) is 0 Å². The quantitative estimate of drug-likeness (QED) is 0.751. The van der Waals surface area contributed by atoms with Crippen LogP contribution in [0.4, 0.5) is 5.69 Å². The van der Waals surface area contributed by atoms with Gasteiger partial charge in [-0.2, -0.15) is 0 Å². The molecule has 0 aromatic heterocycles. The average Bonchev–Trinajstić information content (AvgIpc) is 2.67. The van der Waals surface area contributed by atoms with Gasteiger partial charge in [-0.25, -0.2) is 0 Å². The van der Waals surface area contributed by atoms with Crippen LogP contribution in [0, 0.1) is 6.92 Å². The highest BCUT2D eigenvalue weighted by molar-refractivity contribution is 5.48. The molecule has 0 radical (unpaired) electrons. The lowest BCUT2D eigenvalue weighted by Crippen LogP contribution is -2.36. The van der Waals surface area contributed by atoms with E-state index in [1.54, 1.807) is 0 Å². The number of benzene rings is 2. The number of rotatable bonds is 7. The SMILES string of the molecule is Cc1ccc(CC(CCc2ccc(N3CCOCC3)cc2)N(C)C)cc1. The normalized spacial score (nSPS) is 16.1.